The van der Waals surface area contributed by atoms with Gasteiger partial charge in [-0.05, 0) is 61.4 Å². The first kappa shape index (κ1) is 26.3. The van der Waals surface area contributed by atoms with Crippen LogP contribution in [0.3, 0.4) is 0 Å². The molecule has 1 saturated heterocycles. The third-order valence-corrected chi connectivity index (χ3v) is 7.59. The predicted octanol–water partition coefficient (Wildman–Crippen LogP) is 6.20. The molecule has 0 spiro atoms. The summed E-state index contributed by atoms with van der Waals surface area (Å²) in [6.45, 7) is 1.32. The Kier molecular flexibility index (Phi) is 6.78. The minimum Gasteiger partial charge on any atom is -0.371 e. The maximum Gasteiger partial charge on any atom is 0.416 e. The number of anilines is 2. The van der Waals surface area contributed by atoms with Crippen molar-refractivity contribution in [1.29, 1.82) is 4.78 Å². The van der Waals surface area contributed by atoms with Gasteiger partial charge in [-0.25, -0.2) is 22.8 Å². The lowest BCUT2D eigenvalue weighted by atomic mass is 9.91. The van der Waals surface area contributed by atoms with Crippen LogP contribution in [0.4, 0.5) is 33.3 Å². The highest BCUT2D eigenvalue weighted by Crippen LogP contribution is 2.50. The van der Waals surface area contributed by atoms with Crippen LogP contribution >= 0.6 is 0 Å². The number of nitrogens with one attached hydrogen (secondary N) is 2. The van der Waals surface area contributed by atoms with E-state index in [0.29, 0.717) is 12.8 Å². The summed E-state index contributed by atoms with van der Waals surface area (Å²) in [4.78, 5) is 18.9. The van der Waals surface area contributed by atoms with Crippen molar-refractivity contribution in [3.05, 3.63) is 46.6 Å². The summed E-state index contributed by atoms with van der Waals surface area (Å²) in [6, 6.07) is 3.96. The first-order valence-corrected chi connectivity index (χ1v) is 13.5. The molecular weight excluding hydrogens is 503 g/mol. The average molecular weight is 531 g/mol. The molecule has 1 atom stereocenters. The number of aromatic nitrogens is 1. The summed E-state index contributed by atoms with van der Waals surface area (Å²) in [7, 11) is -3.20. The molecule has 2 N–H and O–H groups in total. The van der Waals surface area contributed by atoms with Crippen LogP contribution in [0.1, 0.15) is 65.1 Å². The number of benzene rings is 1. The van der Waals surface area contributed by atoms with Crippen molar-refractivity contribution in [2.75, 3.05) is 29.6 Å². The molecule has 1 amide bonds. The van der Waals surface area contributed by atoms with Crippen molar-refractivity contribution in [3.63, 3.8) is 0 Å². The van der Waals surface area contributed by atoms with Gasteiger partial charge in [0, 0.05) is 44.1 Å². The fourth-order valence-corrected chi connectivity index (χ4v) is 5.27. The van der Waals surface area contributed by atoms with Crippen molar-refractivity contribution in [1.82, 2.24) is 4.98 Å². The molecule has 1 saturated carbocycles. The molecule has 2 heterocycles. The Balaban J connectivity index is 1.83. The lowest BCUT2D eigenvalue weighted by Crippen LogP contribution is -2.30. The number of nitrogens with zero attached hydrogens (tertiary/aromatic N) is 2. The van der Waals surface area contributed by atoms with Gasteiger partial charge in [-0.15, -0.1) is 0 Å². The van der Waals surface area contributed by atoms with Gasteiger partial charge in [0.15, 0.2) is 0 Å². The van der Waals surface area contributed by atoms with E-state index in [0.717, 1.165) is 6.26 Å². The first-order valence-electron chi connectivity index (χ1n) is 11.6. The molecule has 12 heteroatoms. The van der Waals surface area contributed by atoms with Crippen molar-refractivity contribution >= 4 is 27.0 Å². The summed E-state index contributed by atoms with van der Waals surface area (Å²) in [5.41, 5.74) is -0.958. The van der Waals surface area contributed by atoms with Crippen LogP contribution in [-0.4, -0.2) is 40.4 Å². The summed E-state index contributed by atoms with van der Waals surface area (Å²) < 4.78 is 90.4. The molecular formula is C24H27F5N4O2S. The minimum atomic E-state index is -4.70. The van der Waals surface area contributed by atoms with Crippen molar-refractivity contribution in [3.8, 4) is 0 Å². The standard InChI is InChI=1S/C24H27F5N4O2S/c1-14-20(22(34)32-16-6-9-31-19(12-16)36(2,30)35)18(33-10-3-7-23(25,26)8-11-33)13-17(15-4-5-15)21(14)24(27,28)29/h6,9,12-13,15,30H,3-5,7-8,10-11H2,1-2H3,(H,31,32,34)/t36-/m0/s1. The number of carbonyl (C=O) groups is 1. The molecule has 1 aliphatic heterocycles. The van der Waals surface area contributed by atoms with Gasteiger partial charge in [0.25, 0.3) is 5.91 Å². The largest absolute Gasteiger partial charge is 0.416 e. The number of pyridine rings is 1. The average Bonchev–Trinajstić information content (AvgIpc) is 3.60. The number of hydrogen-bond donors (Lipinski definition) is 2. The number of carbonyl (C=O) groups excluding carboxylic acids is 1. The zero-order valence-electron chi connectivity index (χ0n) is 19.8. The normalized spacial score (nSPS) is 19.9. The van der Waals surface area contributed by atoms with Crippen molar-refractivity contribution in [2.24, 2.45) is 0 Å². The smallest absolute Gasteiger partial charge is 0.371 e. The number of hydrogen-bond acceptors (Lipinski definition) is 5. The van der Waals surface area contributed by atoms with Crippen LogP contribution in [0, 0.1) is 11.7 Å². The Morgan fingerprint density at radius 1 is 1.22 bits per heavy atom. The van der Waals surface area contributed by atoms with Gasteiger partial charge in [0.1, 0.15) is 5.03 Å². The van der Waals surface area contributed by atoms with Crippen LogP contribution in [0.25, 0.3) is 0 Å². The van der Waals surface area contributed by atoms with Crippen LogP contribution in [0.2, 0.25) is 0 Å². The van der Waals surface area contributed by atoms with Gasteiger partial charge >= 0.3 is 6.18 Å². The number of halogens is 5. The van der Waals surface area contributed by atoms with Gasteiger partial charge in [-0.3, -0.25) is 4.79 Å². The second-order valence-corrected chi connectivity index (χ2v) is 11.6. The molecule has 196 valence electrons. The van der Waals surface area contributed by atoms with Gasteiger partial charge in [0.05, 0.1) is 26.5 Å². The van der Waals surface area contributed by atoms with Crippen molar-refractivity contribution in [2.45, 2.75) is 62.1 Å². The summed E-state index contributed by atoms with van der Waals surface area (Å²) in [5.74, 6) is -4.02. The zero-order chi connectivity index (χ0) is 26.5. The SMILES string of the molecule is Cc1c(C(=O)Nc2ccnc([S@@](C)(=N)=O)c2)c(N2CCCC(F)(F)CC2)cc(C2CC2)c1C(F)(F)F. The highest BCUT2D eigenvalue weighted by Gasteiger charge is 2.43. The zero-order valence-corrected chi connectivity index (χ0v) is 20.7. The Labute approximate surface area is 206 Å². The summed E-state index contributed by atoms with van der Waals surface area (Å²) in [5, 5.41) is 2.45. The first-order chi connectivity index (χ1) is 16.7. The van der Waals surface area contributed by atoms with E-state index in [-0.39, 0.29) is 64.9 Å². The highest BCUT2D eigenvalue weighted by molar-refractivity contribution is 7.91. The highest BCUT2D eigenvalue weighted by atomic mass is 32.2. The van der Waals surface area contributed by atoms with E-state index in [1.807, 2.05) is 0 Å². The van der Waals surface area contributed by atoms with Crippen molar-refractivity contribution < 1.29 is 31.0 Å². The molecule has 36 heavy (non-hydrogen) atoms. The van der Waals surface area contributed by atoms with Crippen LogP contribution in [0.15, 0.2) is 29.4 Å². The molecule has 2 fully saturated rings. The molecule has 4 rings (SSSR count). The second kappa shape index (κ2) is 9.28. The molecule has 1 aliphatic carbocycles. The Morgan fingerprint density at radius 2 is 1.92 bits per heavy atom. The lowest BCUT2D eigenvalue weighted by molar-refractivity contribution is -0.138. The van der Waals surface area contributed by atoms with Gasteiger partial charge < -0.3 is 10.2 Å². The van der Waals surface area contributed by atoms with E-state index >= 15 is 0 Å². The fraction of sp³-hybridized carbons (Fsp3) is 0.500. The molecule has 1 aromatic carbocycles. The fourth-order valence-electron chi connectivity index (χ4n) is 4.65. The number of amides is 1. The maximum absolute atomic E-state index is 14.2. The van der Waals surface area contributed by atoms with E-state index in [9.17, 15) is 31.0 Å². The topological polar surface area (TPSA) is 86.1 Å². The molecule has 0 bridgehead atoms. The minimum absolute atomic E-state index is 0.0907. The number of rotatable bonds is 5. The predicted molar refractivity (Wildman–Crippen MR) is 126 cm³/mol. The van der Waals surface area contributed by atoms with E-state index in [2.05, 4.69) is 10.3 Å². The quantitative estimate of drug-likeness (QED) is 0.451. The lowest BCUT2D eigenvalue weighted by Gasteiger charge is -2.29. The molecule has 0 radical (unpaired) electrons. The molecule has 6 nitrogen and oxygen atoms in total. The Bertz CT molecular complexity index is 1290. The monoisotopic (exact) mass is 530 g/mol. The Hall–Kier alpha value is -2.76. The van der Waals surface area contributed by atoms with E-state index < -0.39 is 39.7 Å². The molecule has 0 unspecified atom stereocenters. The van der Waals surface area contributed by atoms with E-state index in [1.165, 1.54) is 31.3 Å². The Morgan fingerprint density at radius 3 is 2.53 bits per heavy atom. The van der Waals surface area contributed by atoms with Gasteiger partial charge in [-0.1, -0.05) is 0 Å². The van der Waals surface area contributed by atoms with Gasteiger partial charge in [0.2, 0.25) is 5.92 Å². The van der Waals surface area contributed by atoms with E-state index in [1.54, 1.807) is 4.90 Å². The van der Waals surface area contributed by atoms with Crippen LogP contribution < -0.4 is 10.2 Å². The van der Waals surface area contributed by atoms with Crippen LogP contribution in [0.5, 0.6) is 0 Å². The molecule has 1 aromatic heterocycles. The number of alkyl halides is 5. The van der Waals surface area contributed by atoms with Crippen LogP contribution in [-0.2, 0) is 15.9 Å². The third kappa shape index (κ3) is 5.63. The van der Waals surface area contributed by atoms with E-state index in [4.69, 9.17) is 4.78 Å². The third-order valence-electron chi connectivity index (χ3n) is 6.57. The summed E-state index contributed by atoms with van der Waals surface area (Å²) in [6.07, 6.45) is -1.78. The molecule has 2 aromatic rings. The second-order valence-electron chi connectivity index (χ2n) is 9.51. The van der Waals surface area contributed by atoms with Gasteiger partial charge in [-0.2, -0.15) is 13.2 Å². The summed E-state index contributed by atoms with van der Waals surface area (Å²) >= 11 is 0. The maximum atomic E-state index is 14.2. The molecule has 2 aliphatic rings.